The molecular formula is C21H20F2N2. The van der Waals surface area contributed by atoms with Gasteiger partial charge in [0.2, 0.25) is 0 Å². The summed E-state index contributed by atoms with van der Waals surface area (Å²) in [5, 5.41) is 0. The number of nitrogens with zero attached hydrogens (tertiary/aromatic N) is 2. The number of halogens is 2. The second-order valence-electron chi connectivity index (χ2n) is 6.47. The van der Waals surface area contributed by atoms with Crippen LogP contribution in [0.5, 0.6) is 0 Å². The topological polar surface area (TPSA) is 8.17 Å². The summed E-state index contributed by atoms with van der Waals surface area (Å²) in [5.41, 5.74) is 2.22. The fraction of sp³-hybridized carbons (Fsp3) is 0.238. The number of fused-ring (bicyclic) bond motifs is 1. The standard InChI is InChI=1S/C21H20F2N2/c22-17-9-4-10-18(23)20(17)21-19-11-5-12-24(19)13-6-14-25(21)15-16-7-2-1-3-8-16/h1-5,7-12,21H,6,13-15H2/t21-/m0/s1. The van der Waals surface area contributed by atoms with E-state index in [1.807, 2.05) is 36.5 Å². The van der Waals surface area contributed by atoms with E-state index in [0.717, 1.165) is 30.8 Å². The molecule has 1 aliphatic heterocycles. The van der Waals surface area contributed by atoms with Crippen LogP contribution in [-0.2, 0) is 13.1 Å². The summed E-state index contributed by atoms with van der Waals surface area (Å²) < 4.78 is 31.3. The van der Waals surface area contributed by atoms with Crippen LogP contribution in [0.25, 0.3) is 0 Å². The highest BCUT2D eigenvalue weighted by atomic mass is 19.1. The van der Waals surface area contributed by atoms with Gasteiger partial charge < -0.3 is 4.57 Å². The quantitative estimate of drug-likeness (QED) is 0.668. The van der Waals surface area contributed by atoms with Crippen LogP contribution in [0, 0.1) is 11.6 Å². The lowest BCUT2D eigenvalue weighted by Gasteiger charge is -2.31. The van der Waals surface area contributed by atoms with Gasteiger partial charge in [0.05, 0.1) is 6.04 Å². The van der Waals surface area contributed by atoms with Crippen LogP contribution in [-0.4, -0.2) is 16.0 Å². The van der Waals surface area contributed by atoms with E-state index in [9.17, 15) is 8.78 Å². The van der Waals surface area contributed by atoms with E-state index in [2.05, 4.69) is 21.6 Å². The van der Waals surface area contributed by atoms with E-state index >= 15 is 0 Å². The van der Waals surface area contributed by atoms with Crippen molar-refractivity contribution in [1.29, 1.82) is 0 Å². The SMILES string of the molecule is Fc1cccc(F)c1[C@@H]1c2cccn2CCCN1Cc1ccccc1. The molecule has 1 aromatic heterocycles. The van der Waals surface area contributed by atoms with Crippen LogP contribution in [0.2, 0.25) is 0 Å². The first-order chi connectivity index (χ1) is 12.2. The van der Waals surface area contributed by atoms with Crippen LogP contribution < -0.4 is 0 Å². The first kappa shape index (κ1) is 16.0. The van der Waals surface area contributed by atoms with Crippen molar-refractivity contribution in [2.24, 2.45) is 0 Å². The maximum absolute atomic E-state index is 14.6. The molecule has 2 nitrogen and oxygen atoms in total. The number of aromatic nitrogens is 1. The molecular weight excluding hydrogens is 318 g/mol. The van der Waals surface area contributed by atoms with Gasteiger partial charge in [-0.2, -0.15) is 0 Å². The minimum atomic E-state index is -0.488. The molecule has 0 bridgehead atoms. The fourth-order valence-electron chi connectivity index (χ4n) is 3.73. The molecule has 0 unspecified atom stereocenters. The van der Waals surface area contributed by atoms with Crippen molar-refractivity contribution < 1.29 is 8.78 Å². The van der Waals surface area contributed by atoms with Gasteiger partial charge in [0, 0.05) is 37.1 Å². The third kappa shape index (κ3) is 3.10. The van der Waals surface area contributed by atoms with Crippen LogP contribution in [0.1, 0.15) is 29.3 Å². The Balaban J connectivity index is 1.81. The molecule has 2 heterocycles. The van der Waals surface area contributed by atoms with Crippen molar-refractivity contribution in [1.82, 2.24) is 9.47 Å². The fourth-order valence-corrected chi connectivity index (χ4v) is 3.73. The Hall–Kier alpha value is -2.46. The monoisotopic (exact) mass is 338 g/mol. The second-order valence-corrected chi connectivity index (χ2v) is 6.47. The third-order valence-electron chi connectivity index (χ3n) is 4.86. The van der Waals surface area contributed by atoms with Crippen molar-refractivity contribution in [2.75, 3.05) is 6.54 Å². The normalized spacial score (nSPS) is 17.9. The minimum Gasteiger partial charge on any atom is -0.350 e. The number of hydrogen-bond donors (Lipinski definition) is 0. The van der Waals surface area contributed by atoms with Crippen molar-refractivity contribution in [3.05, 3.63) is 95.3 Å². The predicted molar refractivity (Wildman–Crippen MR) is 94.1 cm³/mol. The van der Waals surface area contributed by atoms with E-state index in [4.69, 9.17) is 0 Å². The molecule has 0 saturated carbocycles. The Morgan fingerprint density at radius 1 is 0.840 bits per heavy atom. The van der Waals surface area contributed by atoms with E-state index in [1.165, 1.54) is 18.2 Å². The molecule has 0 aliphatic carbocycles. The lowest BCUT2D eigenvalue weighted by atomic mass is 9.99. The van der Waals surface area contributed by atoms with Crippen molar-refractivity contribution in [2.45, 2.75) is 25.6 Å². The molecule has 1 atom stereocenters. The average Bonchev–Trinajstić information content (AvgIpc) is 3.00. The zero-order valence-electron chi connectivity index (χ0n) is 13.9. The zero-order valence-corrected chi connectivity index (χ0v) is 13.9. The van der Waals surface area contributed by atoms with E-state index in [-0.39, 0.29) is 5.56 Å². The highest BCUT2D eigenvalue weighted by molar-refractivity contribution is 5.32. The molecule has 0 fully saturated rings. The Bertz CT molecular complexity index is 837. The average molecular weight is 338 g/mol. The molecule has 3 aromatic rings. The van der Waals surface area contributed by atoms with Gasteiger partial charge in [-0.1, -0.05) is 36.4 Å². The smallest absolute Gasteiger partial charge is 0.131 e. The second kappa shape index (κ2) is 6.81. The minimum absolute atomic E-state index is 0.139. The molecule has 2 aromatic carbocycles. The van der Waals surface area contributed by atoms with Crippen LogP contribution in [0.3, 0.4) is 0 Å². The zero-order chi connectivity index (χ0) is 17.2. The summed E-state index contributed by atoms with van der Waals surface area (Å²) in [6.45, 7) is 2.31. The lowest BCUT2D eigenvalue weighted by molar-refractivity contribution is 0.212. The van der Waals surface area contributed by atoms with E-state index in [1.54, 1.807) is 0 Å². The molecule has 0 spiro atoms. The molecule has 1 aliphatic rings. The van der Waals surface area contributed by atoms with Gasteiger partial charge >= 0.3 is 0 Å². The summed E-state index contributed by atoms with van der Waals surface area (Å²) in [4.78, 5) is 2.18. The molecule has 128 valence electrons. The molecule has 25 heavy (non-hydrogen) atoms. The van der Waals surface area contributed by atoms with Gasteiger partial charge in [-0.15, -0.1) is 0 Å². The summed E-state index contributed by atoms with van der Waals surface area (Å²) in [6, 6.07) is 17.7. The number of aryl methyl sites for hydroxylation is 1. The molecule has 4 heteroatoms. The van der Waals surface area contributed by atoms with E-state index in [0.29, 0.717) is 6.54 Å². The first-order valence-corrected chi connectivity index (χ1v) is 8.61. The number of benzene rings is 2. The van der Waals surface area contributed by atoms with Crippen LogP contribution in [0.15, 0.2) is 66.9 Å². The molecule has 0 amide bonds. The molecule has 0 saturated heterocycles. The molecule has 0 N–H and O–H groups in total. The Kier molecular flexibility index (Phi) is 4.36. The molecule has 0 radical (unpaired) electrons. The van der Waals surface area contributed by atoms with Crippen molar-refractivity contribution in [3.63, 3.8) is 0 Å². The van der Waals surface area contributed by atoms with Gasteiger partial charge in [0.1, 0.15) is 11.6 Å². The highest BCUT2D eigenvalue weighted by Crippen LogP contribution is 2.35. The number of rotatable bonds is 3. The Morgan fingerprint density at radius 3 is 2.36 bits per heavy atom. The van der Waals surface area contributed by atoms with Crippen LogP contribution in [0.4, 0.5) is 8.78 Å². The molecule has 4 rings (SSSR count). The van der Waals surface area contributed by atoms with Crippen LogP contribution >= 0.6 is 0 Å². The highest BCUT2D eigenvalue weighted by Gasteiger charge is 2.31. The summed E-state index contributed by atoms with van der Waals surface area (Å²) in [6.07, 6.45) is 2.94. The van der Waals surface area contributed by atoms with E-state index < -0.39 is 17.7 Å². The van der Waals surface area contributed by atoms with Gasteiger partial charge in [-0.3, -0.25) is 4.90 Å². The first-order valence-electron chi connectivity index (χ1n) is 8.61. The van der Waals surface area contributed by atoms with Gasteiger partial charge in [0.25, 0.3) is 0 Å². The largest absolute Gasteiger partial charge is 0.350 e. The van der Waals surface area contributed by atoms with Gasteiger partial charge in [-0.05, 0) is 36.2 Å². The number of hydrogen-bond acceptors (Lipinski definition) is 1. The predicted octanol–water partition coefficient (Wildman–Crippen LogP) is 4.76. The summed E-state index contributed by atoms with van der Waals surface area (Å²) in [5.74, 6) is -0.976. The van der Waals surface area contributed by atoms with Crippen molar-refractivity contribution in [3.8, 4) is 0 Å². The summed E-state index contributed by atoms with van der Waals surface area (Å²) >= 11 is 0. The maximum atomic E-state index is 14.6. The van der Waals surface area contributed by atoms with Gasteiger partial charge in [0.15, 0.2) is 0 Å². The Morgan fingerprint density at radius 2 is 1.60 bits per heavy atom. The Labute approximate surface area is 146 Å². The van der Waals surface area contributed by atoms with Gasteiger partial charge in [-0.25, -0.2) is 8.78 Å². The third-order valence-corrected chi connectivity index (χ3v) is 4.86. The maximum Gasteiger partial charge on any atom is 0.131 e. The van der Waals surface area contributed by atoms with Crippen molar-refractivity contribution >= 4 is 0 Å². The lowest BCUT2D eigenvalue weighted by Crippen LogP contribution is -2.30. The summed E-state index contributed by atoms with van der Waals surface area (Å²) in [7, 11) is 0.